The van der Waals surface area contributed by atoms with E-state index < -0.39 is 5.60 Å². The van der Waals surface area contributed by atoms with Crippen LogP contribution in [-0.4, -0.2) is 16.7 Å². The van der Waals surface area contributed by atoms with Crippen LogP contribution >= 0.6 is 0 Å². The molecule has 1 rings (SSSR count). The Bertz CT molecular complexity index is 344. The highest BCUT2D eigenvalue weighted by Gasteiger charge is 2.24. The minimum Gasteiger partial charge on any atom is -0.461 e. The number of benzene rings is 1. The van der Waals surface area contributed by atoms with Gasteiger partial charge in [0.05, 0.1) is 12.0 Å². The summed E-state index contributed by atoms with van der Waals surface area (Å²) in [6.07, 6.45) is 1.50. The number of hydrogen-bond donors (Lipinski definition) is 1. The van der Waals surface area contributed by atoms with E-state index in [2.05, 4.69) is 0 Å². The van der Waals surface area contributed by atoms with E-state index in [4.69, 9.17) is 4.74 Å². The summed E-state index contributed by atoms with van der Waals surface area (Å²) < 4.78 is 5.11. The molecule has 0 heterocycles. The lowest BCUT2D eigenvalue weighted by Crippen LogP contribution is -2.28. The molecule has 0 bridgehead atoms. The Labute approximate surface area is 102 Å². The molecule has 3 heteroatoms. The molecule has 3 nitrogen and oxygen atoms in total. The van der Waals surface area contributed by atoms with Gasteiger partial charge in [0.15, 0.2) is 0 Å². The average molecular weight is 236 g/mol. The number of rotatable bonds is 6. The van der Waals surface area contributed by atoms with Crippen molar-refractivity contribution in [3.05, 3.63) is 35.9 Å². The molecule has 1 N–H and O–H groups in total. The van der Waals surface area contributed by atoms with Gasteiger partial charge in [-0.25, -0.2) is 0 Å². The van der Waals surface area contributed by atoms with Crippen LogP contribution in [0, 0.1) is 0 Å². The number of esters is 1. The molecule has 1 aromatic carbocycles. The third-order valence-electron chi connectivity index (χ3n) is 2.56. The van der Waals surface area contributed by atoms with Gasteiger partial charge in [-0.3, -0.25) is 4.79 Å². The molecule has 0 saturated carbocycles. The van der Waals surface area contributed by atoms with E-state index in [-0.39, 0.29) is 19.0 Å². The topological polar surface area (TPSA) is 46.5 Å². The lowest BCUT2D eigenvalue weighted by Gasteiger charge is -2.21. The van der Waals surface area contributed by atoms with Gasteiger partial charge in [0.25, 0.3) is 0 Å². The highest BCUT2D eigenvalue weighted by atomic mass is 16.5. The molecule has 1 atom stereocenters. The number of ether oxygens (including phenoxy) is 1. The molecular weight excluding hydrogens is 216 g/mol. The highest BCUT2D eigenvalue weighted by Crippen LogP contribution is 2.17. The van der Waals surface area contributed by atoms with Crippen molar-refractivity contribution in [2.45, 2.75) is 45.3 Å². The summed E-state index contributed by atoms with van der Waals surface area (Å²) in [6.45, 7) is 3.91. The van der Waals surface area contributed by atoms with Crippen LogP contribution in [0.2, 0.25) is 0 Å². The Morgan fingerprint density at radius 1 is 1.35 bits per heavy atom. The monoisotopic (exact) mass is 236 g/mol. The quantitative estimate of drug-likeness (QED) is 0.772. The van der Waals surface area contributed by atoms with E-state index >= 15 is 0 Å². The number of aliphatic hydroxyl groups is 1. The first-order valence-electron chi connectivity index (χ1n) is 5.95. The molecule has 0 aliphatic carbocycles. The van der Waals surface area contributed by atoms with Crippen molar-refractivity contribution in [3.8, 4) is 0 Å². The van der Waals surface area contributed by atoms with Crippen LogP contribution in [0.1, 0.15) is 38.7 Å². The maximum atomic E-state index is 11.5. The van der Waals surface area contributed by atoms with Crippen LogP contribution in [0.3, 0.4) is 0 Å². The first kappa shape index (κ1) is 13.7. The van der Waals surface area contributed by atoms with E-state index in [0.29, 0.717) is 6.42 Å². The minimum atomic E-state index is -0.956. The van der Waals surface area contributed by atoms with Crippen LogP contribution in [0.25, 0.3) is 0 Å². The van der Waals surface area contributed by atoms with Crippen LogP contribution < -0.4 is 0 Å². The molecule has 0 fully saturated rings. The van der Waals surface area contributed by atoms with Crippen molar-refractivity contribution in [1.29, 1.82) is 0 Å². The smallest absolute Gasteiger partial charge is 0.309 e. The Hall–Kier alpha value is -1.35. The Balaban J connectivity index is 2.35. The normalized spacial score (nSPS) is 14.1. The van der Waals surface area contributed by atoms with E-state index in [0.717, 1.165) is 12.0 Å². The van der Waals surface area contributed by atoms with Crippen molar-refractivity contribution in [3.63, 3.8) is 0 Å². The number of carbonyl (C=O) groups excluding carboxylic acids is 1. The van der Waals surface area contributed by atoms with Crippen molar-refractivity contribution in [2.75, 3.05) is 0 Å². The fourth-order valence-electron chi connectivity index (χ4n) is 1.73. The van der Waals surface area contributed by atoms with Crippen LogP contribution in [0.5, 0.6) is 0 Å². The highest BCUT2D eigenvalue weighted by molar-refractivity contribution is 5.70. The molecule has 17 heavy (non-hydrogen) atoms. The first-order valence-corrected chi connectivity index (χ1v) is 5.95. The molecule has 0 unspecified atom stereocenters. The van der Waals surface area contributed by atoms with E-state index in [1.54, 1.807) is 6.92 Å². The van der Waals surface area contributed by atoms with Gasteiger partial charge in [-0.05, 0) is 18.9 Å². The van der Waals surface area contributed by atoms with Crippen LogP contribution in [-0.2, 0) is 16.1 Å². The molecule has 0 radical (unpaired) electrons. The second-order valence-electron chi connectivity index (χ2n) is 4.57. The Morgan fingerprint density at radius 2 is 2.00 bits per heavy atom. The van der Waals surface area contributed by atoms with Crippen LogP contribution in [0.15, 0.2) is 30.3 Å². The summed E-state index contributed by atoms with van der Waals surface area (Å²) in [5, 5.41) is 9.88. The van der Waals surface area contributed by atoms with Crippen molar-refractivity contribution < 1.29 is 14.6 Å². The molecule has 0 aliphatic heterocycles. The van der Waals surface area contributed by atoms with E-state index in [1.165, 1.54) is 0 Å². The molecular formula is C14H20O3. The number of hydrogen-bond acceptors (Lipinski definition) is 3. The zero-order valence-electron chi connectivity index (χ0n) is 10.5. The van der Waals surface area contributed by atoms with E-state index in [9.17, 15) is 9.90 Å². The molecule has 94 valence electrons. The fraction of sp³-hybridized carbons (Fsp3) is 0.500. The standard InChI is InChI=1S/C14H20O3/c1-3-9-14(2,16)10-13(15)17-11-12-7-5-4-6-8-12/h4-8,16H,3,9-11H2,1-2H3/t14-/m0/s1. The van der Waals surface area contributed by atoms with Gasteiger partial charge < -0.3 is 9.84 Å². The fourth-order valence-corrected chi connectivity index (χ4v) is 1.73. The first-order chi connectivity index (χ1) is 8.03. The molecule has 1 aromatic rings. The minimum absolute atomic E-state index is 0.0493. The van der Waals surface area contributed by atoms with Gasteiger partial charge in [-0.2, -0.15) is 0 Å². The summed E-state index contributed by atoms with van der Waals surface area (Å²) in [5.41, 5.74) is -0.00122. The molecule has 0 aromatic heterocycles. The molecule has 0 amide bonds. The number of carbonyl (C=O) groups is 1. The zero-order chi connectivity index (χ0) is 12.7. The lowest BCUT2D eigenvalue weighted by molar-refractivity contribution is -0.150. The summed E-state index contributed by atoms with van der Waals surface area (Å²) in [4.78, 5) is 11.5. The van der Waals surface area contributed by atoms with E-state index in [1.807, 2.05) is 37.3 Å². The Morgan fingerprint density at radius 3 is 2.59 bits per heavy atom. The third-order valence-corrected chi connectivity index (χ3v) is 2.56. The van der Waals surface area contributed by atoms with Crippen molar-refractivity contribution >= 4 is 5.97 Å². The Kier molecular flexibility index (Phi) is 5.16. The molecule has 0 aliphatic rings. The van der Waals surface area contributed by atoms with Gasteiger partial charge in [0, 0.05) is 0 Å². The molecule has 0 saturated heterocycles. The van der Waals surface area contributed by atoms with Gasteiger partial charge in [-0.1, -0.05) is 43.7 Å². The van der Waals surface area contributed by atoms with Gasteiger partial charge in [-0.15, -0.1) is 0 Å². The van der Waals surface area contributed by atoms with Gasteiger partial charge >= 0.3 is 5.97 Å². The SMILES string of the molecule is CCC[C@](C)(O)CC(=O)OCc1ccccc1. The predicted octanol–water partition coefficient (Wildman–Crippen LogP) is 2.67. The predicted molar refractivity (Wildman–Crippen MR) is 66.4 cm³/mol. The van der Waals surface area contributed by atoms with Crippen LogP contribution in [0.4, 0.5) is 0 Å². The lowest BCUT2D eigenvalue weighted by atomic mass is 9.97. The summed E-state index contributed by atoms with van der Waals surface area (Å²) in [5.74, 6) is -0.354. The van der Waals surface area contributed by atoms with Crippen molar-refractivity contribution in [1.82, 2.24) is 0 Å². The second-order valence-corrected chi connectivity index (χ2v) is 4.57. The van der Waals surface area contributed by atoms with Crippen molar-refractivity contribution in [2.24, 2.45) is 0 Å². The third kappa shape index (κ3) is 5.50. The maximum absolute atomic E-state index is 11.5. The molecule has 0 spiro atoms. The second kappa shape index (κ2) is 6.40. The summed E-state index contributed by atoms with van der Waals surface area (Å²) in [6, 6.07) is 9.51. The zero-order valence-corrected chi connectivity index (χ0v) is 10.5. The summed E-state index contributed by atoms with van der Waals surface area (Å²) in [7, 11) is 0. The summed E-state index contributed by atoms with van der Waals surface area (Å²) >= 11 is 0. The average Bonchev–Trinajstić information content (AvgIpc) is 2.27. The van der Waals surface area contributed by atoms with Gasteiger partial charge in [0.1, 0.15) is 6.61 Å². The van der Waals surface area contributed by atoms with Gasteiger partial charge in [0.2, 0.25) is 0 Å². The largest absolute Gasteiger partial charge is 0.461 e. The maximum Gasteiger partial charge on any atom is 0.309 e.